The summed E-state index contributed by atoms with van der Waals surface area (Å²) in [5.41, 5.74) is 0.681. The summed E-state index contributed by atoms with van der Waals surface area (Å²) in [7, 11) is 0. The van der Waals surface area contributed by atoms with Gasteiger partial charge in [-0.05, 0) is 50.6 Å². The van der Waals surface area contributed by atoms with Gasteiger partial charge in [0.15, 0.2) is 0 Å². The second-order valence-corrected chi connectivity index (χ2v) is 4.57. The van der Waals surface area contributed by atoms with E-state index in [4.69, 9.17) is 4.74 Å². The molecule has 3 nitrogen and oxygen atoms in total. The van der Waals surface area contributed by atoms with Gasteiger partial charge >= 0.3 is 0 Å². The van der Waals surface area contributed by atoms with Crippen LogP contribution >= 0.6 is 0 Å². The zero-order valence-electron chi connectivity index (χ0n) is 10.2. The highest BCUT2D eigenvalue weighted by Gasteiger charge is 2.20. The third-order valence-electron chi connectivity index (χ3n) is 3.25. The lowest BCUT2D eigenvalue weighted by Gasteiger charge is -2.29. The Morgan fingerprint density at radius 3 is 2.71 bits per heavy atom. The van der Waals surface area contributed by atoms with Crippen LogP contribution in [0.4, 0.5) is 0 Å². The number of rotatable bonds is 4. The van der Waals surface area contributed by atoms with Gasteiger partial charge in [-0.25, -0.2) is 0 Å². The van der Waals surface area contributed by atoms with Crippen molar-refractivity contribution < 1.29 is 9.53 Å². The predicted octanol–water partition coefficient (Wildman–Crippen LogP) is 2.41. The molecule has 2 rings (SSSR count). The molecular formula is C14H19NO2. The third-order valence-corrected chi connectivity index (χ3v) is 3.25. The van der Waals surface area contributed by atoms with Crippen molar-refractivity contribution in [3.05, 3.63) is 29.8 Å². The minimum Gasteiger partial charge on any atom is -0.489 e. The normalized spacial score (nSPS) is 21.8. The molecule has 1 fully saturated rings. The lowest BCUT2D eigenvalue weighted by Crippen LogP contribution is -2.44. The van der Waals surface area contributed by atoms with Crippen molar-refractivity contribution in [1.82, 2.24) is 5.32 Å². The van der Waals surface area contributed by atoms with Crippen molar-refractivity contribution in [2.75, 3.05) is 6.54 Å². The van der Waals surface area contributed by atoms with E-state index in [-0.39, 0.29) is 6.10 Å². The Kier molecular flexibility index (Phi) is 4.15. The van der Waals surface area contributed by atoms with Gasteiger partial charge < -0.3 is 10.1 Å². The molecule has 1 N–H and O–H groups in total. The van der Waals surface area contributed by atoms with E-state index in [1.165, 1.54) is 19.3 Å². The average Bonchev–Trinajstić information content (AvgIpc) is 2.40. The molecule has 2 unspecified atom stereocenters. The van der Waals surface area contributed by atoms with Gasteiger partial charge in [0, 0.05) is 11.6 Å². The topological polar surface area (TPSA) is 38.3 Å². The lowest BCUT2D eigenvalue weighted by atomic mass is 10.0. The molecule has 1 aromatic rings. The van der Waals surface area contributed by atoms with Gasteiger partial charge in [-0.2, -0.15) is 0 Å². The van der Waals surface area contributed by atoms with Gasteiger partial charge in [0.2, 0.25) is 0 Å². The molecule has 1 aliphatic heterocycles. The minimum absolute atomic E-state index is 0.164. The molecule has 17 heavy (non-hydrogen) atoms. The molecule has 0 spiro atoms. The molecule has 0 aromatic heterocycles. The second-order valence-electron chi connectivity index (χ2n) is 4.57. The molecule has 1 saturated heterocycles. The Balaban J connectivity index is 1.92. The second kappa shape index (κ2) is 5.82. The third kappa shape index (κ3) is 3.30. The fourth-order valence-corrected chi connectivity index (χ4v) is 2.20. The van der Waals surface area contributed by atoms with Gasteiger partial charge in [-0.15, -0.1) is 0 Å². The summed E-state index contributed by atoms with van der Waals surface area (Å²) in [6.07, 6.45) is 4.72. The van der Waals surface area contributed by atoms with Gasteiger partial charge in [-0.3, -0.25) is 4.79 Å². The van der Waals surface area contributed by atoms with Gasteiger partial charge in [0.1, 0.15) is 18.1 Å². The van der Waals surface area contributed by atoms with Crippen LogP contribution in [0.15, 0.2) is 24.3 Å². The number of ether oxygens (including phenoxy) is 1. The number of carbonyl (C=O) groups is 1. The Labute approximate surface area is 102 Å². The molecule has 0 amide bonds. The summed E-state index contributed by atoms with van der Waals surface area (Å²) < 4.78 is 5.87. The van der Waals surface area contributed by atoms with Gasteiger partial charge in [-0.1, -0.05) is 6.42 Å². The van der Waals surface area contributed by atoms with E-state index in [1.807, 2.05) is 12.1 Å². The Morgan fingerprint density at radius 1 is 1.35 bits per heavy atom. The van der Waals surface area contributed by atoms with E-state index in [0.717, 1.165) is 18.6 Å². The first kappa shape index (κ1) is 12.1. The quantitative estimate of drug-likeness (QED) is 0.812. The van der Waals surface area contributed by atoms with Crippen LogP contribution in [0, 0.1) is 0 Å². The highest BCUT2D eigenvalue weighted by Crippen LogP contribution is 2.17. The molecule has 0 aliphatic carbocycles. The molecular weight excluding hydrogens is 214 g/mol. The number of piperidine rings is 1. The first-order valence-electron chi connectivity index (χ1n) is 6.25. The number of carbonyl (C=O) groups excluding carboxylic acids is 1. The summed E-state index contributed by atoms with van der Waals surface area (Å²) in [5.74, 6) is 0.829. The maximum atomic E-state index is 10.5. The maximum absolute atomic E-state index is 10.5. The molecule has 3 heteroatoms. The Morgan fingerprint density at radius 2 is 2.12 bits per heavy atom. The SMILES string of the molecule is CC(Oc1ccc(C=O)cc1)C1CCCCN1. The summed E-state index contributed by atoms with van der Waals surface area (Å²) in [4.78, 5) is 10.5. The first-order chi connectivity index (χ1) is 8.29. The van der Waals surface area contributed by atoms with Crippen molar-refractivity contribution in [3.63, 3.8) is 0 Å². The molecule has 1 aliphatic rings. The van der Waals surface area contributed by atoms with E-state index in [0.29, 0.717) is 11.6 Å². The molecule has 0 bridgehead atoms. The number of hydrogen-bond donors (Lipinski definition) is 1. The van der Waals surface area contributed by atoms with E-state index >= 15 is 0 Å². The van der Waals surface area contributed by atoms with Crippen molar-refractivity contribution in [1.29, 1.82) is 0 Å². The highest BCUT2D eigenvalue weighted by atomic mass is 16.5. The molecule has 1 heterocycles. The van der Waals surface area contributed by atoms with E-state index in [1.54, 1.807) is 12.1 Å². The standard InChI is InChI=1S/C14H19NO2/c1-11(14-4-2-3-9-15-14)17-13-7-5-12(10-16)6-8-13/h5-8,10-11,14-15H,2-4,9H2,1H3. The largest absolute Gasteiger partial charge is 0.489 e. The fourth-order valence-electron chi connectivity index (χ4n) is 2.20. The van der Waals surface area contributed by atoms with Gasteiger partial charge in [0.05, 0.1) is 0 Å². The zero-order chi connectivity index (χ0) is 12.1. The Bertz CT molecular complexity index is 355. The van der Waals surface area contributed by atoms with E-state index in [9.17, 15) is 4.79 Å². The average molecular weight is 233 g/mol. The smallest absolute Gasteiger partial charge is 0.150 e. The number of aldehydes is 1. The van der Waals surface area contributed by atoms with Gasteiger partial charge in [0.25, 0.3) is 0 Å². The number of nitrogens with one attached hydrogen (secondary N) is 1. The summed E-state index contributed by atoms with van der Waals surface area (Å²) in [6.45, 7) is 3.18. The van der Waals surface area contributed by atoms with Crippen LogP contribution in [0.2, 0.25) is 0 Å². The van der Waals surface area contributed by atoms with Crippen LogP contribution in [-0.2, 0) is 0 Å². The van der Waals surface area contributed by atoms with Crippen LogP contribution in [0.25, 0.3) is 0 Å². The van der Waals surface area contributed by atoms with Crippen LogP contribution in [-0.4, -0.2) is 25.0 Å². The molecule has 0 saturated carbocycles. The lowest BCUT2D eigenvalue weighted by molar-refractivity contribution is 0.112. The summed E-state index contributed by atoms with van der Waals surface area (Å²) in [5, 5.41) is 3.48. The van der Waals surface area contributed by atoms with Crippen molar-refractivity contribution in [2.24, 2.45) is 0 Å². The molecule has 1 aromatic carbocycles. The van der Waals surface area contributed by atoms with Crippen molar-refractivity contribution >= 4 is 6.29 Å². The number of benzene rings is 1. The van der Waals surface area contributed by atoms with Crippen LogP contribution < -0.4 is 10.1 Å². The molecule has 0 radical (unpaired) electrons. The predicted molar refractivity (Wildman–Crippen MR) is 67.6 cm³/mol. The molecule has 92 valence electrons. The summed E-state index contributed by atoms with van der Waals surface area (Å²) in [6, 6.07) is 7.70. The minimum atomic E-state index is 0.164. The fraction of sp³-hybridized carbons (Fsp3) is 0.500. The van der Waals surface area contributed by atoms with Crippen molar-refractivity contribution in [3.8, 4) is 5.75 Å². The number of hydrogen-bond acceptors (Lipinski definition) is 3. The maximum Gasteiger partial charge on any atom is 0.150 e. The zero-order valence-corrected chi connectivity index (χ0v) is 10.2. The van der Waals surface area contributed by atoms with E-state index < -0.39 is 0 Å². The highest BCUT2D eigenvalue weighted by molar-refractivity contribution is 5.74. The first-order valence-corrected chi connectivity index (χ1v) is 6.25. The van der Waals surface area contributed by atoms with E-state index in [2.05, 4.69) is 12.2 Å². The monoisotopic (exact) mass is 233 g/mol. The Hall–Kier alpha value is -1.35. The molecule has 2 atom stereocenters. The van der Waals surface area contributed by atoms with Crippen molar-refractivity contribution in [2.45, 2.75) is 38.3 Å². The van der Waals surface area contributed by atoms with Crippen LogP contribution in [0.3, 0.4) is 0 Å². The van der Waals surface area contributed by atoms with Crippen LogP contribution in [0.1, 0.15) is 36.5 Å². The summed E-state index contributed by atoms with van der Waals surface area (Å²) >= 11 is 0. The van der Waals surface area contributed by atoms with Crippen LogP contribution in [0.5, 0.6) is 5.75 Å².